The number of nitrogens with zero attached hydrogens (tertiary/aromatic N) is 1. The van der Waals surface area contributed by atoms with Crippen LogP contribution in [0.5, 0.6) is 0 Å². The second kappa shape index (κ2) is 7.94. The lowest BCUT2D eigenvalue weighted by atomic mass is 9.76. The summed E-state index contributed by atoms with van der Waals surface area (Å²) in [4.78, 5) is 2.75. The van der Waals surface area contributed by atoms with Gasteiger partial charge in [-0.3, -0.25) is 4.90 Å². The van der Waals surface area contributed by atoms with E-state index in [4.69, 9.17) is 4.74 Å². The molecule has 0 amide bonds. The average molecular weight is 296 g/mol. The molecule has 2 aliphatic rings. The summed E-state index contributed by atoms with van der Waals surface area (Å²) in [5.74, 6) is 1.70. The molecule has 0 aromatic carbocycles. The molecule has 0 spiro atoms. The number of morpholine rings is 1. The maximum atomic E-state index is 5.84. The Kier molecular flexibility index (Phi) is 6.51. The van der Waals surface area contributed by atoms with Gasteiger partial charge in [0.2, 0.25) is 0 Å². The van der Waals surface area contributed by atoms with Crippen molar-refractivity contribution >= 4 is 0 Å². The van der Waals surface area contributed by atoms with Crippen LogP contribution in [0.4, 0.5) is 0 Å². The van der Waals surface area contributed by atoms with Gasteiger partial charge >= 0.3 is 0 Å². The fourth-order valence-corrected chi connectivity index (χ4v) is 4.11. The zero-order chi connectivity index (χ0) is 15.4. The van der Waals surface area contributed by atoms with Gasteiger partial charge in [0.15, 0.2) is 0 Å². The van der Waals surface area contributed by atoms with E-state index in [9.17, 15) is 0 Å². The molecule has 3 heteroatoms. The first kappa shape index (κ1) is 17.2. The molecule has 0 bridgehead atoms. The van der Waals surface area contributed by atoms with Gasteiger partial charge in [-0.15, -0.1) is 0 Å². The number of hydrogen-bond donors (Lipinski definition) is 1. The lowest BCUT2D eigenvalue weighted by Gasteiger charge is -2.49. The lowest BCUT2D eigenvalue weighted by molar-refractivity contribution is -0.0813. The summed E-state index contributed by atoms with van der Waals surface area (Å²) in [6.07, 6.45) is 5.70. The van der Waals surface area contributed by atoms with E-state index in [1.54, 1.807) is 0 Å². The maximum Gasteiger partial charge on any atom is 0.0674 e. The Balaban J connectivity index is 2.07. The van der Waals surface area contributed by atoms with E-state index in [0.29, 0.717) is 24.2 Å². The van der Waals surface area contributed by atoms with Crippen LogP contribution in [-0.4, -0.2) is 48.8 Å². The number of ether oxygens (including phenoxy) is 1. The van der Waals surface area contributed by atoms with E-state index in [0.717, 1.165) is 31.5 Å². The molecule has 5 unspecified atom stereocenters. The second-order valence-electron chi connectivity index (χ2n) is 7.63. The molecule has 2 rings (SSSR count). The summed E-state index contributed by atoms with van der Waals surface area (Å²) in [6, 6.07) is 1.93. The van der Waals surface area contributed by atoms with Crippen molar-refractivity contribution in [2.45, 2.75) is 84.5 Å². The molecule has 1 heterocycles. The summed E-state index contributed by atoms with van der Waals surface area (Å²) in [7, 11) is 0. The van der Waals surface area contributed by atoms with Crippen LogP contribution in [-0.2, 0) is 4.74 Å². The summed E-state index contributed by atoms with van der Waals surface area (Å²) in [6.45, 7) is 14.8. The highest BCUT2D eigenvalue weighted by molar-refractivity contribution is 4.95. The predicted molar refractivity (Wildman–Crippen MR) is 89.6 cm³/mol. The van der Waals surface area contributed by atoms with Crippen molar-refractivity contribution < 1.29 is 4.74 Å². The third kappa shape index (κ3) is 4.43. The normalized spacial score (nSPS) is 38.9. The highest BCUT2D eigenvalue weighted by Crippen LogP contribution is 2.34. The van der Waals surface area contributed by atoms with Crippen molar-refractivity contribution in [2.24, 2.45) is 11.8 Å². The van der Waals surface area contributed by atoms with Gasteiger partial charge in [0.1, 0.15) is 0 Å². The monoisotopic (exact) mass is 296 g/mol. The molecular formula is C18H36N2O. The van der Waals surface area contributed by atoms with Gasteiger partial charge in [-0.25, -0.2) is 0 Å². The fourth-order valence-electron chi connectivity index (χ4n) is 4.11. The quantitative estimate of drug-likeness (QED) is 0.842. The van der Waals surface area contributed by atoms with Crippen molar-refractivity contribution in [1.82, 2.24) is 10.2 Å². The molecule has 3 nitrogen and oxygen atoms in total. The molecule has 0 aromatic rings. The smallest absolute Gasteiger partial charge is 0.0674 e. The van der Waals surface area contributed by atoms with Crippen molar-refractivity contribution in [2.75, 3.05) is 19.7 Å². The van der Waals surface area contributed by atoms with Crippen molar-refractivity contribution in [3.05, 3.63) is 0 Å². The summed E-state index contributed by atoms with van der Waals surface area (Å²) >= 11 is 0. The molecular weight excluding hydrogens is 260 g/mol. The number of rotatable bonds is 5. The second-order valence-corrected chi connectivity index (χ2v) is 7.63. The summed E-state index contributed by atoms with van der Waals surface area (Å²) in [5.41, 5.74) is 0. The van der Waals surface area contributed by atoms with Gasteiger partial charge in [-0.1, -0.05) is 20.8 Å². The van der Waals surface area contributed by atoms with Crippen LogP contribution >= 0.6 is 0 Å². The van der Waals surface area contributed by atoms with Crippen LogP contribution in [0.25, 0.3) is 0 Å². The topological polar surface area (TPSA) is 24.5 Å². The Labute approximate surface area is 131 Å². The molecule has 0 radical (unpaired) electrons. The van der Waals surface area contributed by atoms with Gasteiger partial charge in [0.05, 0.1) is 12.7 Å². The van der Waals surface area contributed by atoms with Gasteiger partial charge in [0.25, 0.3) is 0 Å². The Morgan fingerprint density at radius 3 is 2.67 bits per heavy atom. The van der Waals surface area contributed by atoms with E-state index in [-0.39, 0.29) is 0 Å². The van der Waals surface area contributed by atoms with Crippen LogP contribution in [0.2, 0.25) is 0 Å². The van der Waals surface area contributed by atoms with Crippen LogP contribution in [0.15, 0.2) is 0 Å². The fraction of sp³-hybridized carbons (Fsp3) is 1.00. The third-order valence-corrected chi connectivity index (χ3v) is 5.54. The van der Waals surface area contributed by atoms with Crippen LogP contribution in [0, 0.1) is 11.8 Å². The number of hydrogen-bond acceptors (Lipinski definition) is 3. The highest BCUT2D eigenvalue weighted by Gasteiger charge is 2.38. The van der Waals surface area contributed by atoms with E-state index < -0.39 is 0 Å². The van der Waals surface area contributed by atoms with Gasteiger partial charge < -0.3 is 10.1 Å². The lowest BCUT2D eigenvalue weighted by Crippen LogP contribution is -2.60. The van der Waals surface area contributed by atoms with E-state index in [2.05, 4.69) is 44.8 Å². The molecule has 5 atom stereocenters. The number of nitrogens with one attached hydrogen (secondary N) is 1. The largest absolute Gasteiger partial charge is 0.376 e. The van der Waals surface area contributed by atoms with Crippen LogP contribution < -0.4 is 5.32 Å². The highest BCUT2D eigenvalue weighted by atomic mass is 16.5. The molecule has 0 aromatic heterocycles. The SMILES string of the molecule is CCCNC1CCC(C(C)C)CC1N1CC(C)OCC1C. The van der Waals surface area contributed by atoms with E-state index in [1.807, 2.05) is 0 Å². The standard InChI is InChI=1S/C18H36N2O/c1-6-9-19-17-8-7-16(13(2)3)10-18(17)20-11-15(5)21-12-14(20)4/h13-19H,6-12H2,1-5H3. The predicted octanol–water partition coefficient (Wildman–Crippen LogP) is 3.29. The molecule has 1 aliphatic heterocycles. The Bertz CT molecular complexity index is 308. The zero-order valence-electron chi connectivity index (χ0n) is 14.8. The summed E-state index contributed by atoms with van der Waals surface area (Å²) < 4.78 is 5.84. The Morgan fingerprint density at radius 1 is 1.24 bits per heavy atom. The van der Waals surface area contributed by atoms with Crippen molar-refractivity contribution in [3.63, 3.8) is 0 Å². The first-order valence-corrected chi connectivity index (χ1v) is 9.13. The van der Waals surface area contributed by atoms with Crippen molar-refractivity contribution in [3.8, 4) is 0 Å². The zero-order valence-corrected chi connectivity index (χ0v) is 14.8. The Hall–Kier alpha value is -0.120. The van der Waals surface area contributed by atoms with Crippen LogP contribution in [0.1, 0.15) is 60.3 Å². The van der Waals surface area contributed by atoms with Crippen molar-refractivity contribution in [1.29, 1.82) is 0 Å². The molecule has 1 saturated carbocycles. The Morgan fingerprint density at radius 2 is 2.00 bits per heavy atom. The molecule has 1 N–H and O–H groups in total. The first-order chi connectivity index (χ1) is 10.0. The van der Waals surface area contributed by atoms with E-state index >= 15 is 0 Å². The minimum Gasteiger partial charge on any atom is -0.376 e. The molecule has 2 fully saturated rings. The first-order valence-electron chi connectivity index (χ1n) is 9.13. The molecule has 1 saturated heterocycles. The molecule has 124 valence electrons. The molecule has 1 aliphatic carbocycles. The van der Waals surface area contributed by atoms with Gasteiger partial charge in [0, 0.05) is 24.7 Å². The minimum atomic E-state index is 0.382. The minimum absolute atomic E-state index is 0.382. The van der Waals surface area contributed by atoms with E-state index in [1.165, 1.54) is 25.7 Å². The van der Waals surface area contributed by atoms with Crippen LogP contribution in [0.3, 0.4) is 0 Å². The third-order valence-electron chi connectivity index (χ3n) is 5.54. The maximum absolute atomic E-state index is 5.84. The average Bonchev–Trinajstić information content (AvgIpc) is 2.47. The summed E-state index contributed by atoms with van der Waals surface area (Å²) in [5, 5.41) is 3.83. The van der Waals surface area contributed by atoms with Gasteiger partial charge in [-0.2, -0.15) is 0 Å². The van der Waals surface area contributed by atoms with Gasteiger partial charge in [-0.05, 0) is 57.9 Å². The molecule has 21 heavy (non-hydrogen) atoms.